The van der Waals surface area contributed by atoms with E-state index in [-0.39, 0.29) is 30.1 Å². The second kappa shape index (κ2) is 6.63. The van der Waals surface area contributed by atoms with Crippen molar-refractivity contribution in [3.63, 3.8) is 0 Å². The number of nitrogens with zero attached hydrogens (tertiary/aromatic N) is 1. The first kappa shape index (κ1) is 17.1. The minimum Gasteiger partial charge on any atom is -0.294 e. The van der Waals surface area contributed by atoms with Gasteiger partial charge >= 0.3 is 0 Å². The van der Waals surface area contributed by atoms with Gasteiger partial charge in [-0.3, -0.25) is 19.3 Å². The van der Waals surface area contributed by atoms with Crippen LogP contribution >= 0.6 is 0 Å². The maximum atomic E-state index is 12.5. The number of amides is 2. The molecule has 2 amide bonds. The lowest BCUT2D eigenvalue weighted by Gasteiger charge is -2.19. The largest absolute Gasteiger partial charge is 0.294 e. The number of carbonyl (C=O) groups excluding carboxylic acids is 3. The van der Waals surface area contributed by atoms with Crippen molar-refractivity contribution < 1.29 is 14.4 Å². The van der Waals surface area contributed by atoms with E-state index in [1.807, 2.05) is 39.0 Å². The molecule has 0 radical (unpaired) electrons. The Morgan fingerprint density at radius 1 is 0.960 bits per heavy atom. The summed E-state index contributed by atoms with van der Waals surface area (Å²) in [6.45, 7) is 6.07. The average Bonchev–Trinajstić information content (AvgIpc) is 2.79. The highest BCUT2D eigenvalue weighted by Gasteiger charge is 2.35. The minimum atomic E-state index is -0.272. The zero-order valence-electron chi connectivity index (χ0n) is 14.7. The van der Waals surface area contributed by atoms with E-state index in [2.05, 4.69) is 0 Å². The molecule has 0 unspecified atom stereocenters. The maximum Gasteiger partial charge on any atom is 0.261 e. The summed E-state index contributed by atoms with van der Waals surface area (Å²) >= 11 is 0. The zero-order chi connectivity index (χ0) is 18.1. The van der Waals surface area contributed by atoms with Gasteiger partial charge in [0.1, 0.15) is 0 Å². The van der Waals surface area contributed by atoms with Crippen LogP contribution in [0.1, 0.15) is 55.5 Å². The zero-order valence-corrected chi connectivity index (χ0v) is 14.7. The van der Waals surface area contributed by atoms with Gasteiger partial charge in [-0.1, -0.05) is 36.2 Å². The molecule has 0 aromatic heterocycles. The summed E-state index contributed by atoms with van der Waals surface area (Å²) in [7, 11) is 0. The summed E-state index contributed by atoms with van der Waals surface area (Å²) in [6, 6.07) is 12.6. The van der Waals surface area contributed by atoms with Crippen LogP contribution in [0.15, 0.2) is 42.5 Å². The number of hydrogen-bond donors (Lipinski definition) is 0. The summed E-state index contributed by atoms with van der Waals surface area (Å²) in [5.74, 6) is -0.607. The number of aryl methyl sites for hydroxylation is 2. The van der Waals surface area contributed by atoms with Crippen molar-refractivity contribution in [3.8, 4) is 0 Å². The highest BCUT2D eigenvalue weighted by molar-refractivity contribution is 6.21. The molecule has 0 spiro atoms. The molecule has 0 saturated heterocycles. The van der Waals surface area contributed by atoms with Crippen molar-refractivity contribution >= 4 is 17.6 Å². The Hall–Kier alpha value is -2.75. The van der Waals surface area contributed by atoms with Gasteiger partial charge in [0, 0.05) is 18.5 Å². The standard InChI is InChI=1S/C21H21NO3/c1-13-8-14(2)10-16(9-13)19(23)11-15(3)12-22-20(24)17-6-4-5-7-18(17)21(22)25/h4-10,15H,11-12H2,1-3H3/t15-/m0/s1. The van der Waals surface area contributed by atoms with Gasteiger partial charge in [-0.2, -0.15) is 0 Å². The van der Waals surface area contributed by atoms with Gasteiger partial charge in [0.05, 0.1) is 11.1 Å². The molecule has 3 rings (SSSR count). The predicted octanol–water partition coefficient (Wildman–Crippen LogP) is 3.81. The van der Waals surface area contributed by atoms with E-state index in [1.54, 1.807) is 24.3 Å². The van der Waals surface area contributed by atoms with Crippen molar-refractivity contribution in [2.24, 2.45) is 5.92 Å². The Bertz CT molecular complexity index is 814. The molecular formula is C21H21NO3. The van der Waals surface area contributed by atoms with Gasteiger partial charge in [0.25, 0.3) is 11.8 Å². The van der Waals surface area contributed by atoms with Crippen LogP contribution in [0.3, 0.4) is 0 Å². The Labute approximate surface area is 147 Å². The molecule has 1 aliphatic rings. The average molecular weight is 335 g/mol. The number of imide groups is 1. The lowest BCUT2D eigenvalue weighted by molar-refractivity contribution is 0.0623. The van der Waals surface area contributed by atoms with E-state index in [4.69, 9.17) is 0 Å². The van der Waals surface area contributed by atoms with E-state index in [1.165, 1.54) is 4.90 Å². The van der Waals surface area contributed by atoms with Crippen molar-refractivity contribution in [1.82, 2.24) is 4.90 Å². The van der Waals surface area contributed by atoms with Gasteiger partial charge in [-0.05, 0) is 44.0 Å². The highest BCUT2D eigenvalue weighted by atomic mass is 16.2. The lowest BCUT2D eigenvalue weighted by Crippen LogP contribution is -2.34. The van der Waals surface area contributed by atoms with E-state index in [9.17, 15) is 14.4 Å². The molecule has 0 fully saturated rings. The highest BCUT2D eigenvalue weighted by Crippen LogP contribution is 2.24. The SMILES string of the molecule is Cc1cc(C)cc(C(=O)C[C@H](C)CN2C(=O)c3ccccc3C2=O)c1. The first-order valence-electron chi connectivity index (χ1n) is 8.43. The normalized spacial score (nSPS) is 14.6. The van der Waals surface area contributed by atoms with Crippen LogP contribution in [0.2, 0.25) is 0 Å². The molecule has 0 aliphatic carbocycles. The molecule has 1 aliphatic heterocycles. The third kappa shape index (κ3) is 3.38. The topological polar surface area (TPSA) is 54.5 Å². The summed E-state index contributed by atoms with van der Waals surface area (Å²) in [6.07, 6.45) is 0.302. The van der Waals surface area contributed by atoms with Crippen molar-refractivity contribution in [3.05, 3.63) is 70.3 Å². The van der Waals surface area contributed by atoms with Crippen molar-refractivity contribution in [1.29, 1.82) is 0 Å². The van der Waals surface area contributed by atoms with Crippen LogP contribution in [0, 0.1) is 19.8 Å². The number of ketones is 1. The number of hydrogen-bond acceptors (Lipinski definition) is 3. The van der Waals surface area contributed by atoms with Crippen LogP contribution < -0.4 is 0 Å². The molecule has 25 heavy (non-hydrogen) atoms. The van der Waals surface area contributed by atoms with Gasteiger partial charge in [0.15, 0.2) is 5.78 Å². The van der Waals surface area contributed by atoms with Crippen LogP contribution in [0.4, 0.5) is 0 Å². The minimum absolute atomic E-state index is 0.0379. The molecule has 2 aromatic carbocycles. The second-order valence-corrected chi connectivity index (χ2v) is 6.88. The first-order valence-corrected chi connectivity index (χ1v) is 8.43. The molecule has 128 valence electrons. The summed E-state index contributed by atoms with van der Waals surface area (Å²) in [4.78, 5) is 38.6. The third-order valence-electron chi connectivity index (χ3n) is 4.45. The Balaban J connectivity index is 1.69. The van der Waals surface area contributed by atoms with Crippen LogP contribution in [0.25, 0.3) is 0 Å². The molecule has 4 heteroatoms. The molecule has 1 atom stereocenters. The number of benzene rings is 2. The second-order valence-electron chi connectivity index (χ2n) is 6.88. The molecule has 1 heterocycles. The molecule has 0 saturated carbocycles. The first-order chi connectivity index (χ1) is 11.9. The number of rotatable bonds is 5. The van der Waals surface area contributed by atoms with E-state index >= 15 is 0 Å². The van der Waals surface area contributed by atoms with Gasteiger partial charge < -0.3 is 0 Å². The monoisotopic (exact) mass is 335 g/mol. The van der Waals surface area contributed by atoms with Gasteiger partial charge in [-0.25, -0.2) is 0 Å². The Morgan fingerprint density at radius 3 is 2.00 bits per heavy atom. The van der Waals surface area contributed by atoms with Crippen molar-refractivity contribution in [2.45, 2.75) is 27.2 Å². The summed E-state index contributed by atoms with van der Waals surface area (Å²) in [5, 5.41) is 0. The smallest absolute Gasteiger partial charge is 0.261 e. The van der Waals surface area contributed by atoms with E-state index < -0.39 is 0 Å². The quantitative estimate of drug-likeness (QED) is 0.617. The number of fused-ring (bicyclic) bond motifs is 1. The molecule has 2 aromatic rings. The predicted molar refractivity (Wildman–Crippen MR) is 95.8 cm³/mol. The van der Waals surface area contributed by atoms with E-state index in [0.717, 1.165) is 11.1 Å². The van der Waals surface area contributed by atoms with Crippen LogP contribution in [0.5, 0.6) is 0 Å². The Morgan fingerprint density at radius 2 is 1.48 bits per heavy atom. The van der Waals surface area contributed by atoms with Gasteiger partial charge in [0.2, 0.25) is 0 Å². The molecule has 0 bridgehead atoms. The Kier molecular flexibility index (Phi) is 4.53. The number of Topliss-reactive ketones (excluding diaryl/α,β-unsaturated/α-hetero) is 1. The fraction of sp³-hybridized carbons (Fsp3) is 0.286. The van der Waals surface area contributed by atoms with E-state index in [0.29, 0.717) is 23.1 Å². The molecule has 0 N–H and O–H groups in total. The van der Waals surface area contributed by atoms with Gasteiger partial charge in [-0.15, -0.1) is 0 Å². The summed E-state index contributed by atoms with van der Waals surface area (Å²) in [5.41, 5.74) is 3.68. The summed E-state index contributed by atoms with van der Waals surface area (Å²) < 4.78 is 0. The fourth-order valence-electron chi connectivity index (χ4n) is 3.35. The van der Waals surface area contributed by atoms with Crippen LogP contribution in [-0.2, 0) is 0 Å². The lowest BCUT2D eigenvalue weighted by atomic mass is 9.97. The molecule has 4 nitrogen and oxygen atoms in total. The maximum absolute atomic E-state index is 12.5. The van der Waals surface area contributed by atoms with Crippen LogP contribution in [-0.4, -0.2) is 29.0 Å². The number of carbonyl (C=O) groups is 3. The molecular weight excluding hydrogens is 314 g/mol. The fourth-order valence-corrected chi connectivity index (χ4v) is 3.35. The third-order valence-corrected chi connectivity index (χ3v) is 4.45. The van der Waals surface area contributed by atoms with Crippen molar-refractivity contribution in [2.75, 3.05) is 6.54 Å².